The van der Waals surface area contributed by atoms with Gasteiger partial charge in [0, 0.05) is 5.92 Å². The highest BCUT2D eigenvalue weighted by Gasteiger charge is 2.34. The van der Waals surface area contributed by atoms with Gasteiger partial charge in [0.25, 0.3) is 0 Å². The van der Waals surface area contributed by atoms with Crippen molar-refractivity contribution in [3.05, 3.63) is 0 Å². The highest BCUT2D eigenvalue weighted by atomic mass is 16.5. The van der Waals surface area contributed by atoms with E-state index in [1.54, 1.807) is 6.92 Å². The van der Waals surface area contributed by atoms with E-state index in [4.69, 9.17) is 9.84 Å². The molecule has 0 aromatic heterocycles. The molecule has 1 aliphatic heterocycles. The zero-order valence-corrected chi connectivity index (χ0v) is 6.36. The van der Waals surface area contributed by atoms with Crippen LogP contribution in [-0.4, -0.2) is 35.0 Å². The van der Waals surface area contributed by atoms with Gasteiger partial charge in [-0.25, -0.2) is 0 Å². The summed E-state index contributed by atoms with van der Waals surface area (Å²) in [6, 6.07) is 0. The van der Waals surface area contributed by atoms with Crippen LogP contribution in [0.3, 0.4) is 0 Å². The largest absolute Gasteiger partial charge is 0.481 e. The minimum absolute atomic E-state index is 0.0116. The van der Waals surface area contributed by atoms with E-state index in [1.807, 2.05) is 0 Å². The van der Waals surface area contributed by atoms with Crippen LogP contribution in [0.15, 0.2) is 0 Å². The maximum absolute atomic E-state index is 10.3. The van der Waals surface area contributed by atoms with Crippen LogP contribution in [0, 0.1) is 5.92 Å². The van der Waals surface area contributed by atoms with Gasteiger partial charge in [0.1, 0.15) is 0 Å². The first-order valence-corrected chi connectivity index (χ1v) is 3.62. The number of rotatable bonds is 2. The molecule has 0 saturated carbocycles. The Hall–Kier alpha value is -0.610. The molecule has 0 aromatic rings. The molecule has 11 heavy (non-hydrogen) atoms. The molecule has 3 atom stereocenters. The Morgan fingerprint density at radius 1 is 1.73 bits per heavy atom. The van der Waals surface area contributed by atoms with Crippen molar-refractivity contribution in [1.82, 2.24) is 0 Å². The van der Waals surface area contributed by atoms with Crippen LogP contribution >= 0.6 is 0 Å². The van der Waals surface area contributed by atoms with E-state index in [2.05, 4.69) is 0 Å². The summed E-state index contributed by atoms with van der Waals surface area (Å²) in [5.41, 5.74) is 0. The number of carboxylic acid groups (broad SMARTS) is 1. The molecule has 0 radical (unpaired) electrons. The van der Waals surface area contributed by atoms with Gasteiger partial charge in [-0.15, -0.1) is 0 Å². The van der Waals surface area contributed by atoms with Gasteiger partial charge in [0.2, 0.25) is 0 Å². The predicted octanol–water partition coefficient (Wildman–Crippen LogP) is -0.143. The number of hydrogen-bond donors (Lipinski definition) is 2. The maximum Gasteiger partial charge on any atom is 0.303 e. The van der Waals surface area contributed by atoms with E-state index in [-0.39, 0.29) is 25.0 Å². The number of aliphatic carboxylic acids is 1. The summed E-state index contributed by atoms with van der Waals surface area (Å²) in [4.78, 5) is 10.3. The number of carbonyl (C=O) groups is 1. The summed E-state index contributed by atoms with van der Waals surface area (Å²) in [5.74, 6) is -1.13. The summed E-state index contributed by atoms with van der Waals surface area (Å²) >= 11 is 0. The van der Waals surface area contributed by atoms with Gasteiger partial charge >= 0.3 is 5.97 Å². The van der Waals surface area contributed by atoms with Gasteiger partial charge in [0.15, 0.2) is 0 Å². The SMILES string of the molecule is CC1OCC(O)C1CC(=O)O. The molecule has 1 heterocycles. The van der Waals surface area contributed by atoms with Gasteiger partial charge in [-0.2, -0.15) is 0 Å². The number of hydrogen-bond acceptors (Lipinski definition) is 3. The smallest absolute Gasteiger partial charge is 0.303 e. The van der Waals surface area contributed by atoms with Crippen molar-refractivity contribution in [2.45, 2.75) is 25.6 Å². The molecule has 1 saturated heterocycles. The zero-order chi connectivity index (χ0) is 8.43. The van der Waals surface area contributed by atoms with Gasteiger partial charge in [-0.3, -0.25) is 4.79 Å². The van der Waals surface area contributed by atoms with Crippen molar-refractivity contribution in [3.8, 4) is 0 Å². The molecule has 3 unspecified atom stereocenters. The van der Waals surface area contributed by atoms with Crippen LogP contribution in [0.25, 0.3) is 0 Å². The Morgan fingerprint density at radius 3 is 2.73 bits per heavy atom. The van der Waals surface area contributed by atoms with E-state index in [1.165, 1.54) is 0 Å². The Kier molecular flexibility index (Phi) is 2.46. The van der Waals surface area contributed by atoms with Crippen LogP contribution in [0.4, 0.5) is 0 Å². The van der Waals surface area contributed by atoms with Gasteiger partial charge in [-0.05, 0) is 6.92 Å². The van der Waals surface area contributed by atoms with Crippen LogP contribution in [-0.2, 0) is 9.53 Å². The quantitative estimate of drug-likeness (QED) is 0.590. The molecule has 0 bridgehead atoms. The average molecular weight is 160 g/mol. The van der Waals surface area contributed by atoms with Crippen molar-refractivity contribution in [3.63, 3.8) is 0 Å². The first kappa shape index (κ1) is 8.49. The van der Waals surface area contributed by atoms with E-state index in [9.17, 15) is 9.90 Å². The highest BCUT2D eigenvalue weighted by molar-refractivity contribution is 5.67. The lowest BCUT2D eigenvalue weighted by Crippen LogP contribution is -2.24. The topological polar surface area (TPSA) is 66.8 Å². The van der Waals surface area contributed by atoms with E-state index in [0.717, 1.165) is 0 Å². The summed E-state index contributed by atoms with van der Waals surface area (Å²) in [6.07, 6.45) is -0.760. The van der Waals surface area contributed by atoms with Crippen LogP contribution in [0.1, 0.15) is 13.3 Å². The monoisotopic (exact) mass is 160 g/mol. The molecule has 4 heteroatoms. The normalized spacial score (nSPS) is 37.5. The number of aliphatic hydroxyl groups excluding tert-OH is 1. The van der Waals surface area contributed by atoms with Gasteiger partial charge < -0.3 is 14.9 Å². The second-order valence-corrected chi connectivity index (χ2v) is 2.87. The molecule has 0 spiro atoms. The average Bonchev–Trinajstić information content (AvgIpc) is 2.18. The first-order valence-electron chi connectivity index (χ1n) is 3.62. The number of ether oxygens (including phenoxy) is 1. The second kappa shape index (κ2) is 3.19. The van der Waals surface area contributed by atoms with Crippen molar-refractivity contribution >= 4 is 5.97 Å². The van der Waals surface area contributed by atoms with Crippen molar-refractivity contribution in [2.75, 3.05) is 6.61 Å². The molecule has 1 fully saturated rings. The molecular formula is C7H12O4. The van der Waals surface area contributed by atoms with E-state index in [0.29, 0.717) is 0 Å². The lowest BCUT2D eigenvalue weighted by Gasteiger charge is -2.13. The maximum atomic E-state index is 10.3. The third-order valence-electron chi connectivity index (χ3n) is 2.04. The first-order chi connectivity index (χ1) is 5.11. The van der Waals surface area contributed by atoms with Crippen molar-refractivity contribution < 1.29 is 19.7 Å². The number of aliphatic hydroxyl groups is 1. The molecule has 64 valence electrons. The molecule has 4 nitrogen and oxygen atoms in total. The standard InChI is InChI=1S/C7H12O4/c1-4-5(2-7(9)10)6(8)3-11-4/h4-6,8H,2-3H2,1H3,(H,9,10). The van der Waals surface area contributed by atoms with Crippen molar-refractivity contribution in [2.24, 2.45) is 5.92 Å². The summed E-state index contributed by atoms with van der Waals surface area (Å²) < 4.78 is 5.07. The minimum atomic E-state index is -0.883. The van der Waals surface area contributed by atoms with E-state index >= 15 is 0 Å². The Balaban J connectivity index is 2.47. The molecular weight excluding hydrogens is 148 g/mol. The lowest BCUT2D eigenvalue weighted by atomic mass is 9.96. The summed E-state index contributed by atoms with van der Waals surface area (Å²) in [5, 5.41) is 17.7. The fourth-order valence-corrected chi connectivity index (χ4v) is 1.31. The van der Waals surface area contributed by atoms with Gasteiger partial charge in [-0.1, -0.05) is 0 Å². The van der Waals surface area contributed by atoms with Crippen molar-refractivity contribution in [1.29, 1.82) is 0 Å². The fraction of sp³-hybridized carbons (Fsp3) is 0.857. The second-order valence-electron chi connectivity index (χ2n) is 2.87. The molecule has 2 N–H and O–H groups in total. The highest BCUT2D eigenvalue weighted by Crippen LogP contribution is 2.23. The fourth-order valence-electron chi connectivity index (χ4n) is 1.31. The van der Waals surface area contributed by atoms with Crippen LogP contribution in [0.2, 0.25) is 0 Å². The Bertz CT molecular complexity index is 147. The molecule has 1 aliphatic rings. The van der Waals surface area contributed by atoms with Crippen LogP contribution in [0.5, 0.6) is 0 Å². The summed E-state index contributed by atoms with van der Waals surface area (Å²) in [7, 11) is 0. The summed E-state index contributed by atoms with van der Waals surface area (Å²) in [6.45, 7) is 2.04. The molecule has 1 rings (SSSR count). The minimum Gasteiger partial charge on any atom is -0.481 e. The van der Waals surface area contributed by atoms with Crippen LogP contribution < -0.4 is 0 Å². The Morgan fingerprint density at radius 2 is 2.36 bits per heavy atom. The van der Waals surface area contributed by atoms with Gasteiger partial charge in [0.05, 0.1) is 25.2 Å². The van der Waals surface area contributed by atoms with E-state index < -0.39 is 12.1 Å². The molecule has 0 amide bonds. The Labute approximate surface area is 64.8 Å². The molecule has 0 aliphatic carbocycles. The molecule has 0 aromatic carbocycles. The predicted molar refractivity (Wildman–Crippen MR) is 37.2 cm³/mol. The third kappa shape index (κ3) is 1.91. The third-order valence-corrected chi connectivity index (χ3v) is 2.04. The lowest BCUT2D eigenvalue weighted by molar-refractivity contribution is -0.139. The number of carboxylic acids is 1. The zero-order valence-electron chi connectivity index (χ0n) is 6.36.